The number of thioether (sulfide) groups is 1. The molecule has 2 nitrogen and oxygen atoms in total. The third kappa shape index (κ3) is 7.61. The first-order chi connectivity index (χ1) is 9.24. The molecule has 0 aliphatic heterocycles. The van der Waals surface area contributed by atoms with Crippen molar-refractivity contribution in [2.45, 2.75) is 25.2 Å². The summed E-state index contributed by atoms with van der Waals surface area (Å²) in [4.78, 5) is 1.37. The van der Waals surface area contributed by atoms with Gasteiger partial charge in [-0.05, 0) is 42.7 Å². The molecule has 0 bridgehead atoms. The SMILES string of the molecule is COCCNCC(CCSc1ccccc1)C(C)C. The zero-order valence-electron chi connectivity index (χ0n) is 12.4. The first-order valence-electron chi connectivity index (χ1n) is 7.11. The molecule has 1 rings (SSSR count). The molecule has 0 saturated heterocycles. The van der Waals surface area contributed by atoms with E-state index in [1.54, 1.807) is 7.11 Å². The lowest BCUT2D eigenvalue weighted by Crippen LogP contribution is -2.29. The minimum absolute atomic E-state index is 0.728. The summed E-state index contributed by atoms with van der Waals surface area (Å²) in [7, 11) is 1.75. The molecule has 1 N–H and O–H groups in total. The highest BCUT2D eigenvalue weighted by Crippen LogP contribution is 2.22. The van der Waals surface area contributed by atoms with Gasteiger partial charge in [-0.1, -0.05) is 32.0 Å². The number of ether oxygens (including phenoxy) is 1. The zero-order valence-corrected chi connectivity index (χ0v) is 13.2. The van der Waals surface area contributed by atoms with Gasteiger partial charge in [0, 0.05) is 18.6 Å². The Bertz CT molecular complexity index is 316. The number of rotatable bonds is 10. The lowest BCUT2D eigenvalue weighted by atomic mass is 9.93. The molecule has 0 amide bonds. The first kappa shape index (κ1) is 16.5. The molecule has 1 aromatic rings. The lowest BCUT2D eigenvalue weighted by molar-refractivity contribution is 0.196. The van der Waals surface area contributed by atoms with Crippen LogP contribution < -0.4 is 5.32 Å². The Morgan fingerprint density at radius 3 is 2.58 bits per heavy atom. The minimum atomic E-state index is 0.728. The minimum Gasteiger partial charge on any atom is -0.383 e. The van der Waals surface area contributed by atoms with Gasteiger partial charge >= 0.3 is 0 Å². The van der Waals surface area contributed by atoms with Crippen LogP contribution in [0.3, 0.4) is 0 Å². The standard InChI is InChI=1S/C16H27NOS/c1-14(2)15(13-17-10-11-18-3)9-12-19-16-7-5-4-6-8-16/h4-8,14-15,17H,9-13H2,1-3H3. The normalized spacial score (nSPS) is 12.8. The Kier molecular flexibility index (Phi) is 8.97. The molecule has 0 aromatic heterocycles. The predicted octanol–water partition coefficient (Wildman–Crippen LogP) is 3.68. The summed E-state index contributed by atoms with van der Waals surface area (Å²) in [6.45, 7) is 7.47. The van der Waals surface area contributed by atoms with Crippen molar-refractivity contribution in [3.8, 4) is 0 Å². The Morgan fingerprint density at radius 1 is 1.21 bits per heavy atom. The Morgan fingerprint density at radius 2 is 1.95 bits per heavy atom. The molecule has 0 spiro atoms. The molecule has 0 heterocycles. The van der Waals surface area contributed by atoms with Crippen molar-refractivity contribution in [1.82, 2.24) is 5.32 Å². The van der Waals surface area contributed by atoms with Crippen LogP contribution >= 0.6 is 11.8 Å². The van der Waals surface area contributed by atoms with Gasteiger partial charge in [0.05, 0.1) is 6.61 Å². The largest absolute Gasteiger partial charge is 0.383 e. The van der Waals surface area contributed by atoms with E-state index in [9.17, 15) is 0 Å². The summed E-state index contributed by atoms with van der Waals surface area (Å²) in [5, 5.41) is 3.48. The van der Waals surface area contributed by atoms with Crippen LogP contribution in [0.1, 0.15) is 20.3 Å². The molecule has 0 aliphatic rings. The molecule has 1 unspecified atom stereocenters. The average Bonchev–Trinajstić information content (AvgIpc) is 2.42. The first-order valence-corrected chi connectivity index (χ1v) is 8.10. The van der Waals surface area contributed by atoms with E-state index in [0.717, 1.165) is 31.5 Å². The van der Waals surface area contributed by atoms with E-state index in [1.165, 1.54) is 17.1 Å². The van der Waals surface area contributed by atoms with E-state index in [1.807, 2.05) is 11.8 Å². The van der Waals surface area contributed by atoms with E-state index >= 15 is 0 Å². The molecular weight excluding hydrogens is 254 g/mol. The summed E-state index contributed by atoms with van der Waals surface area (Å²) in [6.07, 6.45) is 1.26. The van der Waals surface area contributed by atoms with Crippen molar-refractivity contribution < 1.29 is 4.74 Å². The van der Waals surface area contributed by atoms with Crippen molar-refractivity contribution in [2.24, 2.45) is 11.8 Å². The fraction of sp³-hybridized carbons (Fsp3) is 0.625. The topological polar surface area (TPSA) is 21.3 Å². The molecule has 0 saturated carbocycles. The van der Waals surface area contributed by atoms with Crippen molar-refractivity contribution in [3.05, 3.63) is 30.3 Å². The van der Waals surface area contributed by atoms with Gasteiger partial charge in [-0.15, -0.1) is 11.8 Å². The van der Waals surface area contributed by atoms with Gasteiger partial charge in [-0.3, -0.25) is 0 Å². The fourth-order valence-corrected chi connectivity index (χ4v) is 2.98. The van der Waals surface area contributed by atoms with E-state index in [0.29, 0.717) is 0 Å². The molecule has 1 aromatic carbocycles. The second kappa shape index (κ2) is 10.3. The van der Waals surface area contributed by atoms with E-state index in [4.69, 9.17) is 4.74 Å². The Labute approximate surface area is 122 Å². The Hall–Kier alpha value is -0.510. The van der Waals surface area contributed by atoms with Crippen LogP contribution in [0, 0.1) is 11.8 Å². The van der Waals surface area contributed by atoms with Crippen molar-refractivity contribution in [1.29, 1.82) is 0 Å². The number of hydrogen-bond donors (Lipinski definition) is 1. The maximum Gasteiger partial charge on any atom is 0.0587 e. The third-order valence-corrected chi connectivity index (χ3v) is 4.38. The van der Waals surface area contributed by atoms with Gasteiger partial charge in [-0.25, -0.2) is 0 Å². The summed E-state index contributed by atoms with van der Waals surface area (Å²) in [5.41, 5.74) is 0. The number of benzene rings is 1. The number of hydrogen-bond acceptors (Lipinski definition) is 3. The van der Waals surface area contributed by atoms with Crippen LogP contribution in [0.4, 0.5) is 0 Å². The maximum absolute atomic E-state index is 5.06. The number of nitrogens with one attached hydrogen (secondary N) is 1. The van der Waals surface area contributed by atoms with Gasteiger partial charge < -0.3 is 10.1 Å². The lowest BCUT2D eigenvalue weighted by Gasteiger charge is -2.21. The van der Waals surface area contributed by atoms with Crippen molar-refractivity contribution >= 4 is 11.8 Å². The highest BCUT2D eigenvalue weighted by Gasteiger charge is 2.12. The summed E-state index contributed by atoms with van der Waals surface area (Å²) >= 11 is 1.96. The van der Waals surface area contributed by atoms with Crippen LogP contribution in [-0.4, -0.2) is 32.6 Å². The zero-order chi connectivity index (χ0) is 13.9. The van der Waals surface area contributed by atoms with Crippen LogP contribution in [0.25, 0.3) is 0 Å². The predicted molar refractivity (Wildman–Crippen MR) is 84.9 cm³/mol. The fourth-order valence-electron chi connectivity index (χ4n) is 1.98. The third-order valence-electron chi connectivity index (χ3n) is 3.33. The van der Waals surface area contributed by atoms with E-state index in [-0.39, 0.29) is 0 Å². The van der Waals surface area contributed by atoms with Crippen molar-refractivity contribution in [3.63, 3.8) is 0 Å². The molecule has 0 aliphatic carbocycles. The van der Waals surface area contributed by atoms with E-state index < -0.39 is 0 Å². The van der Waals surface area contributed by atoms with Crippen LogP contribution in [0.5, 0.6) is 0 Å². The average molecular weight is 281 g/mol. The molecular formula is C16H27NOS. The quantitative estimate of drug-likeness (QED) is 0.522. The van der Waals surface area contributed by atoms with Gasteiger partial charge in [0.2, 0.25) is 0 Å². The Balaban J connectivity index is 2.22. The summed E-state index contributed by atoms with van der Waals surface area (Å²) in [6, 6.07) is 10.7. The second-order valence-corrected chi connectivity index (χ2v) is 6.32. The molecule has 19 heavy (non-hydrogen) atoms. The van der Waals surface area contributed by atoms with Crippen LogP contribution in [0.15, 0.2) is 35.2 Å². The van der Waals surface area contributed by atoms with E-state index in [2.05, 4.69) is 49.5 Å². The molecule has 1 atom stereocenters. The second-order valence-electron chi connectivity index (χ2n) is 5.15. The summed E-state index contributed by atoms with van der Waals surface area (Å²) in [5.74, 6) is 2.67. The van der Waals surface area contributed by atoms with Crippen LogP contribution in [0.2, 0.25) is 0 Å². The van der Waals surface area contributed by atoms with Crippen LogP contribution in [-0.2, 0) is 4.74 Å². The van der Waals surface area contributed by atoms with Gasteiger partial charge in [0.25, 0.3) is 0 Å². The van der Waals surface area contributed by atoms with Crippen molar-refractivity contribution in [2.75, 3.05) is 32.6 Å². The maximum atomic E-state index is 5.06. The summed E-state index contributed by atoms with van der Waals surface area (Å²) < 4.78 is 5.06. The van der Waals surface area contributed by atoms with Gasteiger partial charge in [0.15, 0.2) is 0 Å². The van der Waals surface area contributed by atoms with Gasteiger partial charge in [0.1, 0.15) is 0 Å². The monoisotopic (exact) mass is 281 g/mol. The van der Waals surface area contributed by atoms with Gasteiger partial charge in [-0.2, -0.15) is 0 Å². The molecule has 108 valence electrons. The highest BCUT2D eigenvalue weighted by atomic mass is 32.2. The molecule has 0 fully saturated rings. The highest BCUT2D eigenvalue weighted by molar-refractivity contribution is 7.99. The molecule has 3 heteroatoms. The smallest absolute Gasteiger partial charge is 0.0587 e. The number of methoxy groups -OCH3 is 1. The molecule has 0 radical (unpaired) electrons.